The normalized spacial score (nSPS) is 15.2. The largest absolute Gasteiger partial charge is 0.449 e. The smallest absolute Gasteiger partial charge is 0.409 e. The van der Waals surface area contributed by atoms with Crippen LogP contribution in [0.3, 0.4) is 0 Å². The second-order valence-electron chi connectivity index (χ2n) is 11.2. The average molecular weight is 624 g/mol. The minimum atomic E-state index is -0.145. The molecule has 0 saturated carbocycles. The third-order valence-electron chi connectivity index (χ3n) is 8.08. The van der Waals surface area contributed by atoms with E-state index in [9.17, 15) is 4.79 Å². The zero-order valence-corrected chi connectivity index (χ0v) is 25.9. The summed E-state index contributed by atoms with van der Waals surface area (Å²) in [5.74, 6) is 1.59. The van der Waals surface area contributed by atoms with E-state index in [1.807, 2.05) is 23.4 Å². The lowest BCUT2D eigenvalue weighted by Crippen LogP contribution is -2.33. The molecule has 0 aliphatic carbocycles. The molecule has 1 aliphatic rings. The summed E-state index contributed by atoms with van der Waals surface area (Å²) in [4.78, 5) is 28.5. The number of ether oxygens (including phenoxy) is 1. The van der Waals surface area contributed by atoms with Gasteiger partial charge in [-0.2, -0.15) is 0 Å². The maximum Gasteiger partial charge on any atom is 0.409 e. The van der Waals surface area contributed by atoms with E-state index >= 15 is 0 Å². The van der Waals surface area contributed by atoms with Gasteiger partial charge in [-0.05, 0) is 66.1 Å². The molecule has 1 aliphatic heterocycles. The maximum atomic E-state index is 12.6. The van der Waals surface area contributed by atoms with Gasteiger partial charge in [0.1, 0.15) is 11.5 Å². The van der Waals surface area contributed by atoms with Crippen molar-refractivity contribution >= 4 is 61.2 Å². The lowest BCUT2D eigenvalue weighted by atomic mass is 10.0. The Bertz CT molecular complexity index is 1400. The van der Waals surface area contributed by atoms with E-state index in [0.717, 1.165) is 97.2 Å². The molecule has 0 unspecified atom stereocenters. The molecule has 1 amide bonds. The molecule has 3 N–H and O–H groups in total. The number of rotatable bonds is 14. The van der Waals surface area contributed by atoms with E-state index in [1.165, 1.54) is 23.9 Å². The van der Waals surface area contributed by atoms with Crippen molar-refractivity contribution in [2.45, 2.75) is 65.2 Å². The Morgan fingerprint density at radius 3 is 2.83 bits per heavy atom. The van der Waals surface area contributed by atoms with Crippen molar-refractivity contribution in [3.63, 3.8) is 0 Å². The highest BCUT2D eigenvalue weighted by Crippen LogP contribution is 2.41. The van der Waals surface area contributed by atoms with Crippen LogP contribution in [0.15, 0.2) is 47.2 Å². The quantitative estimate of drug-likeness (QED) is 0.123. The van der Waals surface area contributed by atoms with E-state index < -0.39 is 0 Å². The molecular weight excluding hydrogens is 580 g/mol. The van der Waals surface area contributed by atoms with Crippen molar-refractivity contribution in [1.82, 2.24) is 19.9 Å². The van der Waals surface area contributed by atoms with Crippen LogP contribution < -0.4 is 10.2 Å². The number of fused-ring (bicyclic) bond motifs is 2. The van der Waals surface area contributed by atoms with E-state index in [4.69, 9.17) is 4.74 Å². The first kappa shape index (κ1) is 29.3. The minimum absolute atomic E-state index is 0.145. The Hall–Kier alpha value is -3.20. The first-order chi connectivity index (χ1) is 20.1. The van der Waals surface area contributed by atoms with E-state index in [1.54, 1.807) is 0 Å². The van der Waals surface area contributed by atoms with Crippen molar-refractivity contribution in [3.8, 4) is 0 Å². The second-order valence-corrected chi connectivity index (χ2v) is 12.0. The van der Waals surface area contributed by atoms with Crippen LogP contribution in [0.1, 0.15) is 65.2 Å². The monoisotopic (exact) mass is 622 g/mol. The summed E-state index contributed by atoms with van der Waals surface area (Å²) in [6, 6.07) is 10.4. The number of para-hydroxylation sites is 1. The minimum Gasteiger partial charge on any atom is -0.449 e. The molecule has 41 heavy (non-hydrogen) atoms. The lowest BCUT2D eigenvalue weighted by molar-refractivity contribution is 0.0996. The van der Waals surface area contributed by atoms with Crippen LogP contribution in [0.4, 0.5) is 22.0 Å². The van der Waals surface area contributed by atoms with Gasteiger partial charge in [0.15, 0.2) is 0 Å². The number of benzene rings is 1. The number of aromatic amines is 2. The zero-order chi connectivity index (χ0) is 28.6. The number of pyridine rings is 1. The fourth-order valence-corrected chi connectivity index (χ4v) is 6.35. The number of H-pyrrole nitrogens is 2. The molecule has 0 spiro atoms. The Morgan fingerprint density at radius 2 is 2.00 bits per heavy atom. The Labute approximate surface area is 251 Å². The van der Waals surface area contributed by atoms with Crippen LogP contribution in [0.5, 0.6) is 0 Å². The molecule has 0 radical (unpaired) electrons. The highest BCUT2D eigenvalue weighted by molar-refractivity contribution is 9.10. The molecule has 4 aromatic rings. The van der Waals surface area contributed by atoms with Crippen molar-refractivity contribution < 1.29 is 9.53 Å². The van der Waals surface area contributed by atoms with Crippen LogP contribution in [-0.4, -0.2) is 58.7 Å². The molecule has 4 heterocycles. The van der Waals surface area contributed by atoms with Crippen molar-refractivity contribution in [1.29, 1.82) is 0 Å². The van der Waals surface area contributed by atoms with Gasteiger partial charge in [-0.3, -0.25) is 0 Å². The summed E-state index contributed by atoms with van der Waals surface area (Å²) in [6.45, 7) is 8.41. The van der Waals surface area contributed by atoms with Crippen molar-refractivity contribution in [2.75, 3.05) is 43.0 Å². The molecule has 1 fully saturated rings. The summed E-state index contributed by atoms with van der Waals surface area (Å²) < 4.78 is 6.51. The van der Waals surface area contributed by atoms with Gasteiger partial charge >= 0.3 is 6.09 Å². The third kappa shape index (κ3) is 7.18. The second kappa shape index (κ2) is 14.1. The molecule has 1 saturated heterocycles. The molecule has 8 nitrogen and oxygen atoms in total. The molecule has 3 aromatic heterocycles. The van der Waals surface area contributed by atoms with Gasteiger partial charge in [0.05, 0.1) is 27.8 Å². The molecular formula is C32H43BrN6O2. The number of carbonyl (C=O) groups is 1. The van der Waals surface area contributed by atoms with Crippen molar-refractivity contribution in [3.05, 3.63) is 47.2 Å². The van der Waals surface area contributed by atoms with E-state index in [2.05, 4.69) is 79.2 Å². The maximum absolute atomic E-state index is 12.6. The number of amides is 1. The third-order valence-corrected chi connectivity index (χ3v) is 8.66. The van der Waals surface area contributed by atoms with Gasteiger partial charge in [0, 0.05) is 49.5 Å². The first-order valence-corrected chi connectivity index (χ1v) is 16.0. The number of halogens is 1. The van der Waals surface area contributed by atoms with Crippen LogP contribution >= 0.6 is 15.9 Å². The van der Waals surface area contributed by atoms with Gasteiger partial charge < -0.3 is 29.8 Å². The Balaban J connectivity index is 1.19. The first-order valence-electron chi connectivity index (χ1n) is 15.2. The van der Waals surface area contributed by atoms with Gasteiger partial charge in [0.2, 0.25) is 0 Å². The zero-order valence-electron chi connectivity index (χ0n) is 24.3. The fraction of sp³-hybridized carbons (Fsp3) is 0.500. The predicted molar refractivity (Wildman–Crippen MR) is 172 cm³/mol. The fourth-order valence-electron chi connectivity index (χ4n) is 5.79. The lowest BCUT2D eigenvalue weighted by Gasteiger charge is -2.23. The van der Waals surface area contributed by atoms with E-state index in [0.29, 0.717) is 12.5 Å². The number of hydrogen-bond acceptors (Lipinski definition) is 5. The Kier molecular flexibility index (Phi) is 10.1. The number of nitrogens with one attached hydrogen (secondary N) is 3. The van der Waals surface area contributed by atoms with Crippen LogP contribution in [0, 0.1) is 5.92 Å². The van der Waals surface area contributed by atoms with Gasteiger partial charge in [-0.1, -0.05) is 51.3 Å². The number of nitrogens with zero attached hydrogens (tertiary/aromatic N) is 3. The highest BCUT2D eigenvalue weighted by atomic mass is 79.9. The molecule has 5 rings (SSSR count). The number of unbranched alkanes of at least 4 members (excludes halogenated alkanes) is 3. The van der Waals surface area contributed by atoms with Crippen LogP contribution in [-0.2, 0) is 4.74 Å². The predicted octanol–water partition coefficient (Wildman–Crippen LogP) is 8.59. The summed E-state index contributed by atoms with van der Waals surface area (Å²) in [5.41, 5.74) is 4.19. The SMILES string of the molecule is CCCCOC(=O)N(CCCC)CCCC[C@@H]1CCN(c2c(Br)cnc3[nH]cc(Nc4cc5ccccc5[nH]4)c23)C1. The van der Waals surface area contributed by atoms with E-state index in [-0.39, 0.29) is 6.09 Å². The summed E-state index contributed by atoms with van der Waals surface area (Å²) in [7, 11) is 0. The summed E-state index contributed by atoms with van der Waals surface area (Å²) in [5, 5.41) is 5.88. The standard InChI is InChI=1S/C32H43BrN6O2/c1-3-5-15-38(32(40)41-18-6-4-2)16-10-9-11-23-14-17-39(22-23)30-25(33)20-34-31-29(30)27(21-35-31)37-28-19-24-12-7-8-13-26(24)36-28/h7-8,12-13,19-21,23,36-37H,3-6,9-11,14-18,22H2,1-2H3,(H,34,35)/t23-/m1/s1. The topological polar surface area (TPSA) is 89.3 Å². The van der Waals surface area contributed by atoms with Gasteiger partial charge in [0.25, 0.3) is 0 Å². The molecule has 1 aromatic carbocycles. The average Bonchev–Trinajstić information content (AvgIpc) is 3.71. The number of carbonyl (C=O) groups excluding carboxylic acids is 1. The Morgan fingerprint density at radius 1 is 1.17 bits per heavy atom. The van der Waals surface area contributed by atoms with Crippen LogP contribution in [0.2, 0.25) is 0 Å². The summed E-state index contributed by atoms with van der Waals surface area (Å²) in [6.07, 6.45) is 12.3. The van der Waals surface area contributed by atoms with Gasteiger partial charge in [-0.25, -0.2) is 9.78 Å². The summed E-state index contributed by atoms with van der Waals surface area (Å²) >= 11 is 3.81. The van der Waals surface area contributed by atoms with Gasteiger partial charge in [-0.15, -0.1) is 0 Å². The number of hydrogen-bond donors (Lipinski definition) is 3. The molecule has 220 valence electrons. The van der Waals surface area contributed by atoms with Crippen molar-refractivity contribution in [2.24, 2.45) is 5.92 Å². The van der Waals surface area contributed by atoms with Crippen LogP contribution in [0.25, 0.3) is 21.9 Å². The highest BCUT2D eigenvalue weighted by Gasteiger charge is 2.27. The number of anilines is 3. The molecule has 9 heteroatoms. The number of aromatic nitrogens is 3. The molecule has 0 bridgehead atoms. The molecule has 1 atom stereocenters.